The molecule has 0 amide bonds. The van der Waals surface area contributed by atoms with Crippen LogP contribution in [0.25, 0.3) is 0 Å². The molecule has 0 aliphatic carbocycles. The van der Waals surface area contributed by atoms with Gasteiger partial charge in [-0.2, -0.15) is 18.2 Å². The van der Waals surface area contributed by atoms with E-state index in [0.29, 0.717) is 5.75 Å². The van der Waals surface area contributed by atoms with E-state index in [9.17, 15) is 0 Å². The number of nitriles is 1. The zero-order chi connectivity index (χ0) is 6.53. The Balaban J connectivity index is 0.000000810. The second-order valence-electron chi connectivity index (χ2n) is 1.42. The standard InChI is InChI=1S/C7H4NO.Y/c8-6-9-7-4-2-1-3-5-7;/h1-4H;/q-1;. The van der Waals surface area contributed by atoms with Crippen LogP contribution in [0.5, 0.6) is 5.75 Å². The predicted octanol–water partition coefficient (Wildman–Crippen LogP) is 1.34. The van der Waals surface area contributed by atoms with Crippen LogP contribution in [0.15, 0.2) is 24.3 Å². The predicted molar refractivity (Wildman–Crippen MR) is 31.5 cm³/mol. The maximum atomic E-state index is 8.03. The minimum Gasteiger partial charge on any atom is -0.415 e. The average Bonchev–Trinajstić information content (AvgIpc) is 1.91. The number of rotatable bonds is 1. The average molecular weight is 207 g/mol. The second-order valence-corrected chi connectivity index (χ2v) is 1.42. The maximum absolute atomic E-state index is 8.03. The molecule has 0 saturated carbocycles. The van der Waals surface area contributed by atoms with Gasteiger partial charge in [-0.05, 0) is 0 Å². The minimum atomic E-state index is 0. The van der Waals surface area contributed by atoms with Crippen molar-refractivity contribution in [2.45, 2.75) is 0 Å². The molecule has 0 saturated heterocycles. The molecule has 0 N–H and O–H groups in total. The molecule has 1 radical (unpaired) electrons. The summed E-state index contributed by atoms with van der Waals surface area (Å²) in [7, 11) is 0. The van der Waals surface area contributed by atoms with Gasteiger partial charge in [0.15, 0.2) is 0 Å². The maximum Gasteiger partial charge on any atom is 0.290 e. The van der Waals surface area contributed by atoms with Gasteiger partial charge < -0.3 is 4.74 Å². The fourth-order valence-electron chi connectivity index (χ4n) is 0.490. The van der Waals surface area contributed by atoms with Crippen molar-refractivity contribution in [2.75, 3.05) is 0 Å². The molecule has 3 heteroatoms. The molecular weight excluding hydrogens is 203 g/mol. The van der Waals surface area contributed by atoms with Crippen molar-refractivity contribution in [3.63, 3.8) is 0 Å². The van der Waals surface area contributed by atoms with E-state index < -0.39 is 0 Å². The van der Waals surface area contributed by atoms with E-state index >= 15 is 0 Å². The van der Waals surface area contributed by atoms with E-state index in [4.69, 9.17) is 5.26 Å². The zero-order valence-corrected chi connectivity index (χ0v) is 8.08. The van der Waals surface area contributed by atoms with E-state index in [-0.39, 0.29) is 32.7 Å². The molecular formula is C7H4NOY-. The van der Waals surface area contributed by atoms with E-state index in [1.807, 2.05) is 6.07 Å². The Morgan fingerprint density at radius 1 is 1.50 bits per heavy atom. The molecule has 0 fully saturated rings. The van der Waals surface area contributed by atoms with Crippen LogP contribution in [-0.4, -0.2) is 0 Å². The first-order valence-corrected chi connectivity index (χ1v) is 2.46. The Hall–Kier alpha value is -0.386. The molecule has 2 nitrogen and oxygen atoms in total. The first kappa shape index (κ1) is 9.61. The number of nitrogens with zero attached hydrogens (tertiary/aromatic N) is 1. The van der Waals surface area contributed by atoms with Gasteiger partial charge in [-0.1, -0.05) is 0 Å². The summed E-state index contributed by atoms with van der Waals surface area (Å²) in [4.78, 5) is 0. The van der Waals surface area contributed by atoms with Gasteiger partial charge >= 0.3 is 0 Å². The van der Waals surface area contributed by atoms with Gasteiger partial charge in [0.2, 0.25) is 0 Å². The summed E-state index contributed by atoms with van der Waals surface area (Å²) in [6.45, 7) is 0. The third kappa shape index (κ3) is 2.96. The first-order chi connectivity index (χ1) is 4.43. The smallest absolute Gasteiger partial charge is 0.290 e. The summed E-state index contributed by atoms with van der Waals surface area (Å²) < 4.78 is 4.46. The Morgan fingerprint density at radius 2 is 2.30 bits per heavy atom. The Bertz CT molecular complexity index is 217. The molecule has 47 valence electrons. The van der Waals surface area contributed by atoms with E-state index in [1.54, 1.807) is 24.5 Å². The molecule has 10 heavy (non-hydrogen) atoms. The number of hydrogen-bond acceptors (Lipinski definition) is 2. The number of ether oxygens (including phenoxy) is 1. The third-order valence-corrected chi connectivity index (χ3v) is 0.836. The second kappa shape index (κ2) is 5.40. The van der Waals surface area contributed by atoms with Crippen molar-refractivity contribution in [2.24, 2.45) is 0 Å². The first-order valence-electron chi connectivity index (χ1n) is 2.46. The summed E-state index contributed by atoms with van der Waals surface area (Å²) in [5.41, 5.74) is 0. The topological polar surface area (TPSA) is 33.0 Å². The van der Waals surface area contributed by atoms with Crippen LogP contribution < -0.4 is 4.74 Å². The minimum absolute atomic E-state index is 0. The van der Waals surface area contributed by atoms with Crippen molar-refractivity contribution in [3.05, 3.63) is 30.3 Å². The fourth-order valence-corrected chi connectivity index (χ4v) is 0.490. The van der Waals surface area contributed by atoms with Crippen LogP contribution in [0.4, 0.5) is 0 Å². The van der Waals surface area contributed by atoms with Crippen molar-refractivity contribution in [3.8, 4) is 12.0 Å². The molecule has 0 aromatic heterocycles. The summed E-state index contributed by atoms with van der Waals surface area (Å²) in [5.74, 6) is 0.458. The number of para-hydroxylation sites is 1. The van der Waals surface area contributed by atoms with Crippen molar-refractivity contribution >= 4 is 0 Å². The summed E-state index contributed by atoms with van der Waals surface area (Å²) >= 11 is 0. The molecule has 1 aromatic carbocycles. The van der Waals surface area contributed by atoms with E-state index in [1.165, 1.54) is 0 Å². The van der Waals surface area contributed by atoms with Crippen LogP contribution in [0.1, 0.15) is 0 Å². The van der Waals surface area contributed by atoms with Crippen LogP contribution in [0.2, 0.25) is 0 Å². The molecule has 0 atom stereocenters. The van der Waals surface area contributed by atoms with Gasteiger partial charge in [-0.25, -0.2) is 0 Å². The molecule has 0 aliphatic heterocycles. The van der Waals surface area contributed by atoms with Crippen LogP contribution in [0, 0.1) is 17.6 Å². The molecule has 1 rings (SSSR count). The van der Waals surface area contributed by atoms with Crippen molar-refractivity contribution < 1.29 is 37.4 Å². The number of benzene rings is 1. The molecule has 0 bridgehead atoms. The molecule has 0 spiro atoms. The summed E-state index contributed by atoms with van der Waals surface area (Å²) in [5, 5.41) is 8.03. The van der Waals surface area contributed by atoms with Crippen LogP contribution >= 0.6 is 0 Å². The van der Waals surface area contributed by atoms with Gasteiger partial charge in [0.25, 0.3) is 6.26 Å². The SMILES string of the molecule is N#COc1[c-]cccc1.[Y]. The summed E-state index contributed by atoms with van der Waals surface area (Å²) in [6.07, 6.45) is 1.55. The molecule has 1 aromatic rings. The fraction of sp³-hybridized carbons (Fsp3) is 0. The van der Waals surface area contributed by atoms with Crippen molar-refractivity contribution in [1.29, 1.82) is 5.26 Å². The Labute approximate surface area is 84.7 Å². The van der Waals surface area contributed by atoms with Crippen LogP contribution in [-0.2, 0) is 32.7 Å². The van der Waals surface area contributed by atoms with Gasteiger partial charge in [-0.15, -0.1) is 17.4 Å². The molecule has 0 aliphatic rings. The van der Waals surface area contributed by atoms with Crippen LogP contribution in [0.3, 0.4) is 0 Å². The van der Waals surface area contributed by atoms with Gasteiger partial charge in [0, 0.05) is 38.5 Å². The molecule has 0 unspecified atom stereocenters. The van der Waals surface area contributed by atoms with Crippen molar-refractivity contribution in [1.82, 2.24) is 0 Å². The van der Waals surface area contributed by atoms with Gasteiger partial charge in [0.05, 0.1) is 0 Å². The summed E-state index contributed by atoms with van der Waals surface area (Å²) in [6, 6.07) is 9.67. The van der Waals surface area contributed by atoms with Gasteiger partial charge in [0.1, 0.15) is 0 Å². The Morgan fingerprint density at radius 3 is 2.80 bits per heavy atom. The molecule has 0 heterocycles. The normalized spacial score (nSPS) is 7.10. The largest absolute Gasteiger partial charge is 0.415 e. The quantitative estimate of drug-likeness (QED) is 0.514. The van der Waals surface area contributed by atoms with E-state index in [2.05, 4.69) is 10.8 Å². The zero-order valence-electron chi connectivity index (χ0n) is 5.24. The van der Waals surface area contributed by atoms with Gasteiger partial charge in [-0.3, -0.25) is 0 Å². The number of hydrogen-bond donors (Lipinski definition) is 0. The van der Waals surface area contributed by atoms with E-state index in [0.717, 1.165) is 0 Å². The Kier molecular flexibility index (Phi) is 5.19. The monoisotopic (exact) mass is 207 g/mol. The third-order valence-electron chi connectivity index (χ3n) is 0.836.